The van der Waals surface area contributed by atoms with Gasteiger partial charge < -0.3 is 10.2 Å². The van der Waals surface area contributed by atoms with E-state index < -0.39 is 6.04 Å². The van der Waals surface area contributed by atoms with E-state index in [1.165, 1.54) is 0 Å². The van der Waals surface area contributed by atoms with Gasteiger partial charge in [-0.1, -0.05) is 5.92 Å². The van der Waals surface area contributed by atoms with E-state index >= 15 is 0 Å². The second-order valence-electron chi connectivity index (χ2n) is 4.11. The third kappa shape index (κ3) is 4.45. The zero-order valence-corrected chi connectivity index (χ0v) is 10.2. The molecule has 0 aliphatic carbocycles. The predicted molar refractivity (Wildman–Crippen MR) is 65.1 cm³/mol. The fourth-order valence-corrected chi connectivity index (χ4v) is 1.70. The first-order valence-corrected chi connectivity index (χ1v) is 5.87. The Hall–Kier alpha value is -1.54. The van der Waals surface area contributed by atoms with Gasteiger partial charge in [0.2, 0.25) is 11.8 Å². The van der Waals surface area contributed by atoms with Crippen molar-refractivity contribution in [2.75, 3.05) is 26.2 Å². The average Bonchev–Trinajstić information content (AvgIpc) is 2.86. The molecule has 17 heavy (non-hydrogen) atoms. The highest BCUT2D eigenvalue weighted by Crippen LogP contribution is 2.06. The number of rotatable bonds is 5. The van der Waals surface area contributed by atoms with Crippen LogP contribution in [0.1, 0.15) is 19.8 Å². The Bertz CT molecular complexity index is 316. The second-order valence-corrected chi connectivity index (χ2v) is 4.11. The molecule has 94 valence electrons. The molecule has 1 heterocycles. The highest BCUT2D eigenvalue weighted by atomic mass is 16.2. The van der Waals surface area contributed by atoms with E-state index in [2.05, 4.69) is 16.6 Å². The molecular formula is C12H19N3O2. The normalized spacial score (nSPS) is 16.4. The first-order valence-electron chi connectivity index (χ1n) is 5.87. The topological polar surface area (TPSA) is 61.4 Å². The molecule has 1 rings (SSSR count). The summed E-state index contributed by atoms with van der Waals surface area (Å²) in [5, 5.41) is 5.46. The summed E-state index contributed by atoms with van der Waals surface area (Å²) in [4.78, 5) is 24.9. The quantitative estimate of drug-likeness (QED) is 0.624. The summed E-state index contributed by atoms with van der Waals surface area (Å²) in [7, 11) is 0. The minimum absolute atomic E-state index is 0.0547. The predicted octanol–water partition coefficient (Wildman–Crippen LogP) is -0.664. The summed E-state index contributed by atoms with van der Waals surface area (Å²) in [6, 6.07) is -0.407. The van der Waals surface area contributed by atoms with E-state index in [9.17, 15) is 9.59 Å². The average molecular weight is 237 g/mol. The van der Waals surface area contributed by atoms with Crippen LogP contribution in [0.5, 0.6) is 0 Å². The molecule has 0 aromatic carbocycles. The number of carbonyl (C=O) groups is 2. The van der Waals surface area contributed by atoms with Crippen LogP contribution in [0, 0.1) is 12.3 Å². The Morgan fingerprint density at radius 3 is 2.65 bits per heavy atom. The van der Waals surface area contributed by atoms with Crippen LogP contribution in [-0.4, -0.2) is 48.9 Å². The van der Waals surface area contributed by atoms with Crippen molar-refractivity contribution in [3.8, 4) is 12.3 Å². The van der Waals surface area contributed by atoms with Gasteiger partial charge in [-0.2, -0.15) is 0 Å². The van der Waals surface area contributed by atoms with Crippen molar-refractivity contribution in [3.05, 3.63) is 0 Å². The van der Waals surface area contributed by atoms with Gasteiger partial charge in [0.1, 0.15) is 0 Å². The largest absolute Gasteiger partial charge is 0.344 e. The monoisotopic (exact) mass is 237 g/mol. The molecule has 5 heteroatoms. The zero-order chi connectivity index (χ0) is 12.7. The van der Waals surface area contributed by atoms with Crippen molar-refractivity contribution in [2.24, 2.45) is 0 Å². The summed E-state index contributed by atoms with van der Waals surface area (Å²) < 4.78 is 0. The first-order chi connectivity index (χ1) is 8.15. The van der Waals surface area contributed by atoms with E-state index in [0.717, 1.165) is 25.9 Å². The SMILES string of the molecule is C#CCNC(=O)C(C)NCC(=O)N1CCCC1. The van der Waals surface area contributed by atoms with Crippen LogP contribution in [0.2, 0.25) is 0 Å². The number of amides is 2. The Kier molecular flexibility index (Phi) is 5.50. The molecule has 2 amide bonds. The number of hydrogen-bond acceptors (Lipinski definition) is 3. The van der Waals surface area contributed by atoms with E-state index in [-0.39, 0.29) is 24.9 Å². The van der Waals surface area contributed by atoms with Crippen molar-refractivity contribution in [1.29, 1.82) is 0 Å². The number of nitrogens with one attached hydrogen (secondary N) is 2. The molecule has 0 aromatic heterocycles. The van der Waals surface area contributed by atoms with Gasteiger partial charge in [-0.05, 0) is 19.8 Å². The molecule has 1 unspecified atom stereocenters. The smallest absolute Gasteiger partial charge is 0.237 e. The lowest BCUT2D eigenvalue weighted by molar-refractivity contribution is -0.129. The molecule has 0 saturated carbocycles. The fraction of sp³-hybridized carbons (Fsp3) is 0.667. The van der Waals surface area contributed by atoms with Gasteiger partial charge in [0.15, 0.2) is 0 Å². The van der Waals surface area contributed by atoms with Gasteiger partial charge in [0.25, 0.3) is 0 Å². The van der Waals surface area contributed by atoms with E-state index in [4.69, 9.17) is 6.42 Å². The third-order valence-electron chi connectivity index (χ3n) is 2.78. The number of likely N-dealkylation sites (tertiary alicyclic amines) is 1. The van der Waals surface area contributed by atoms with Crippen LogP contribution in [0.25, 0.3) is 0 Å². The Morgan fingerprint density at radius 2 is 2.06 bits per heavy atom. The standard InChI is InChI=1S/C12H19N3O2/c1-3-6-13-12(17)10(2)14-9-11(16)15-7-4-5-8-15/h1,10,14H,4-9H2,2H3,(H,13,17). The van der Waals surface area contributed by atoms with Crippen molar-refractivity contribution in [2.45, 2.75) is 25.8 Å². The second kappa shape index (κ2) is 6.92. The molecule has 0 spiro atoms. The van der Waals surface area contributed by atoms with Crippen molar-refractivity contribution >= 4 is 11.8 Å². The van der Waals surface area contributed by atoms with Gasteiger partial charge in [0, 0.05) is 13.1 Å². The molecule has 1 aliphatic rings. The number of hydrogen-bond donors (Lipinski definition) is 2. The van der Waals surface area contributed by atoms with Crippen molar-refractivity contribution < 1.29 is 9.59 Å². The molecule has 0 aromatic rings. The molecule has 2 N–H and O–H groups in total. The third-order valence-corrected chi connectivity index (χ3v) is 2.78. The van der Waals surface area contributed by atoms with Gasteiger partial charge in [-0.25, -0.2) is 0 Å². The van der Waals surface area contributed by atoms with Crippen LogP contribution >= 0.6 is 0 Å². The van der Waals surface area contributed by atoms with Crippen molar-refractivity contribution in [1.82, 2.24) is 15.5 Å². The lowest BCUT2D eigenvalue weighted by Crippen LogP contribution is -2.46. The van der Waals surface area contributed by atoms with Gasteiger partial charge in [0.05, 0.1) is 19.1 Å². The molecule has 5 nitrogen and oxygen atoms in total. The first kappa shape index (κ1) is 13.5. The maximum atomic E-state index is 11.7. The fourth-order valence-electron chi connectivity index (χ4n) is 1.70. The lowest BCUT2D eigenvalue weighted by atomic mass is 10.3. The van der Waals surface area contributed by atoms with E-state index in [1.54, 1.807) is 6.92 Å². The Morgan fingerprint density at radius 1 is 1.41 bits per heavy atom. The van der Waals surface area contributed by atoms with Crippen LogP contribution < -0.4 is 10.6 Å². The van der Waals surface area contributed by atoms with E-state index in [1.807, 2.05) is 4.90 Å². The van der Waals surface area contributed by atoms with E-state index in [0.29, 0.717) is 0 Å². The maximum absolute atomic E-state index is 11.7. The number of terminal acetylenes is 1. The molecule has 0 radical (unpaired) electrons. The minimum atomic E-state index is -0.407. The summed E-state index contributed by atoms with van der Waals surface area (Å²) in [6.07, 6.45) is 7.18. The molecule has 0 bridgehead atoms. The molecule has 1 saturated heterocycles. The van der Waals surface area contributed by atoms with Crippen molar-refractivity contribution in [3.63, 3.8) is 0 Å². The number of carbonyl (C=O) groups excluding carboxylic acids is 2. The highest BCUT2D eigenvalue weighted by molar-refractivity contribution is 5.83. The van der Waals surface area contributed by atoms with Gasteiger partial charge in [-0.15, -0.1) is 6.42 Å². The lowest BCUT2D eigenvalue weighted by Gasteiger charge is -2.17. The maximum Gasteiger partial charge on any atom is 0.237 e. The Labute approximate surface area is 102 Å². The zero-order valence-electron chi connectivity index (χ0n) is 10.2. The molecule has 1 fully saturated rings. The molecular weight excluding hydrogens is 218 g/mol. The summed E-state index contributed by atoms with van der Waals surface area (Å²) in [5.41, 5.74) is 0. The Balaban J connectivity index is 2.22. The molecule has 1 aliphatic heterocycles. The van der Waals surface area contributed by atoms with Gasteiger partial charge >= 0.3 is 0 Å². The van der Waals surface area contributed by atoms with Crippen LogP contribution in [0.15, 0.2) is 0 Å². The molecule has 1 atom stereocenters. The highest BCUT2D eigenvalue weighted by Gasteiger charge is 2.19. The summed E-state index contributed by atoms with van der Waals surface area (Å²) >= 11 is 0. The van der Waals surface area contributed by atoms with Crippen LogP contribution in [0.3, 0.4) is 0 Å². The number of nitrogens with zero attached hydrogens (tertiary/aromatic N) is 1. The summed E-state index contributed by atoms with van der Waals surface area (Å²) in [5.74, 6) is 2.20. The van der Waals surface area contributed by atoms with Crippen LogP contribution in [0.4, 0.5) is 0 Å². The summed E-state index contributed by atoms with van der Waals surface area (Å²) in [6.45, 7) is 3.79. The minimum Gasteiger partial charge on any atom is -0.344 e. The van der Waals surface area contributed by atoms with Crippen LogP contribution in [-0.2, 0) is 9.59 Å². The van der Waals surface area contributed by atoms with Gasteiger partial charge in [-0.3, -0.25) is 14.9 Å².